The van der Waals surface area contributed by atoms with Gasteiger partial charge < -0.3 is 10.3 Å². The van der Waals surface area contributed by atoms with Gasteiger partial charge in [-0.25, -0.2) is 0 Å². The Balaban J connectivity index is 1.68. The molecule has 3 rings (SSSR count). The van der Waals surface area contributed by atoms with E-state index >= 15 is 0 Å². The van der Waals surface area contributed by atoms with Crippen LogP contribution in [0.5, 0.6) is 0 Å². The van der Waals surface area contributed by atoms with Crippen LogP contribution in [0.15, 0.2) is 30.5 Å². The fraction of sp³-hybridized carbons (Fsp3) is 0.294. The van der Waals surface area contributed by atoms with Crippen LogP contribution in [-0.2, 0) is 18.3 Å². The summed E-state index contributed by atoms with van der Waals surface area (Å²) < 4.78 is 1.78. The van der Waals surface area contributed by atoms with E-state index in [9.17, 15) is 4.79 Å². The summed E-state index contributed by atoms with van der Waals surface area (Å²) in [5.74, 6) is 0.0180. The zero-order chi connectivity index (χ0) is 15.7. The van der Waals surface area contributed by atoms with Crippen molar-refractivity contribution >= 4 is 22.5 Å². The highest BCUT2D eigenvalue weighted by molar-refractivity contribution is 5.92. The highest BCUT2D eigenvalue weighted by Crippen LogP contribution is 2.21. The lowest BCUT2D eigenvalue weighted by Crippen LogP contribution is -2.13. The molecule has 2 N–H and O–H groups in total. The Morgan fingerprint density at radius 1 is 1.32 bits per heavy atom. The van der Waals surface area contributed by atoms with Crippen LogP contribution < -0.4 is 5.32 Å². The number of aryl methyl sites for hydroxylation is 3. The van der Waals surface area contributed by atoms with Gasteiger partial charge in [0.1, 0.15) is 0 Å². The molecule has 0 aliphatic rings. The maximum atomic E-state index is 12.2. The minimum Gasteiger partial charge on any atom is -0.361 e. The molecule has 0 aliphatic carbocycles. The number of amides is 1. The van der Waals surface area contributed by atoms with E-state index in [-0.39, 0.29) is 5.91 Å². The van der Waals surface area contributed by atoms with Gasteiger partial charge in [-0.2, -0.15) is 5.10 Å². The number of anilines is 1. The van der Waals surface area contributed by atoms with Crippen LogP contribution in [0.4, 0.5) is 5.69 Å². The van der Waals surface area contributed by atoms with Gasteiger partial charge in [0, 0.05) is 30.6 Å². The number of benzene rings is 1. The highest BCUT2D eigenvalue weighted by Gasteiger charge is 2.13. The average molecular weight is 296 g/mol. The van der Waals surface area contributed by atoms with Gasteiger partial charge in [0.15, 0.2) is 0 Å². The zero-order valence-corrected chi connectivity index (χ0v) is 13.1. The van der Waals surface area contributed by atoms with Gasteiger partial charge in [0.25, 0.3) is 0 Å². The number of H-pyrrole nitrogens is 1. The van der Waals surface area contributed by atoms with E-state index in [2.05, 4.69) is 21.5 Å². The molecular formula is C17H20N4O. The van der Waals surface area contributed by atoms with E-state index in [1.54, 1.807) is 4.68 Å². The Kier molecular flexibility index (Phi) is 3.71. The molecule has 0 saturated carbocycles. The van der Waals surface area contributed by atoms with Gasteiger partial charge >= 0.3 is 0 Å². The smallest absolute Gasteiger partial charge is 0.224 e. The molecule has 1 aromatic carbocycles. The van der Waals surface area contributed by atoms with Crippen molar-refractivity contribution in [2.45, 2.75) is 26.7 Å². The summed E-state index contributed by atoms with van der Waals surface area (Å²) in [4.78, 5) is 15.4. The number of hydrogen-bond donors (Lipinski definition) is 2. The van der Waals surface area contributed by atoms with Gasteiger partial charge in [-0.15, -0.1) is 0 Å². The topological polar surface area (TPSA) is 62.7 Å². The second kappa shape index (κ2) is 5.67. The lowest BCUT2D eigenvalue weighted by atomic mass is 10.1. The highest BCUT2D eigenvalue weighted by atomic mass is 16.1. The maximum Gasteiger partial charge on any atom is 0.224 e. The van der Waals surface area contributed by atoms with Crippen LogP contribution in [-0.4, -0.2) is 20.7 Å². The molecule has 2 aromatic heterocycles. The number of carbonyl (C=O) groups is 1. The number of nitrogens with zero attached hydrogens (tertiary/aromatic N) is 2. The Labute approximate surface area is 129 Å². The molecule has 0 saturated heterocycles. The van der Waals surface area contributed by atoms with Crippen molar-refractivity contribution in [2.75, 3.05) is 5.32 Å². The fourth-order valence-electron chi connectivity index (χ4n) is 2.74. The number of nitrogens with one attached hydrogen (secondary N) is 2. The van der Waals surface area contributed by atoms with E-state index in [0.717, 1.165) is 22.6 Å². The standard InChI is InChI=1S/C17H20N4O/c1-11-17(12(2)21(3)20-11)19-16(22)9-8-13-10-18-15-7-5-4-6-14(13)15/h4-7,10,18H,8-9H2,1-3H3,(H,19,22). The van der Waals surface area contributed by atoms with Crippen molar-refractivity contribution < 1.29 is 4.79 Å². The van der Waals surface area contributed by atoms with Crippen LogP contribution in [0.2, 0.25) is 0 Å². The average Bonchev–Trinajstić information content (AvgIpc) is 3.02. The predicted octanol–water partition coefficient (Wildman–Crippen LogP) is 3.09. The maximum absolute atomic E-state index is 12.2. The quantitative estimate of drug-likeness (QED) is 0.777. The molecule has 3 aromatic rings. The van der Waals surface area contributed by atoms with Crippen LogP contribution >= 0.6 is 0 Å². The van der Waals surface area contributed by atoms with Crippen LogP contribution in [0.3, 0.4) is 0 Å². The Morgan fingerprint density at radius 2 is 2.09 bits per heavy atom. The summed E-state index contributed by atoms with van der Waals surface area (Å²) in [5.41, 5.74) is 4.92. The third-order valence-electron chi connectivity index (χ3n) is 4.07. The van der Waals surface area contributed by atoms with Crippen LogP contribution in [0.25, 0.3) is 10.9 Å². The Morgan fingerprint density at radius 3 is 2.82 bits per heavy atom. The molecule has 5 nitrogen and oxygen atoms in total. The van der Waals surface area contributed by atoms with E-state index < -0.39 is 0 Å². The normalized spacial score (nSPS) is 11.0. The van der Waals surface area contributed by atoms with Gasteiger partial charge in [0.2, 0.25) is 5.91 Å². The lowest BCUT2D eigenvalue weighted by Gasteiger charge is -2.05. The zero-order valence-electron chi connectivity index (χ0n) is 13.1. The van der Waals surface area contributed by atoms with Crippen molar-refractivity contribution in [2.24, 2.45) is 7.05 Å². The molecule has 0 aliphatic heterocycles. The van der Waals surface area contributed by atoms with Gasteiger partial charge in [-0.05, 0) is 31.9 Å². The predicted molar refractivity (Wildman–Crippen MR) is 87.9 cm³/mol. The molecule has 2 heterocycles. The number of carbonyl (C=O) groups excluding carboxylic acids is 1. The number of hydrogen-bond acceptors (Lipinski definition) is 2. The first-order valence-corrected chi connectivity index (χ1v) is 7.41. The summed E-state index contributed by atoms with van der Waals surface area (Å²) in [5, 5.41) is 8.47. The van der Waals surface area contributed by atoms with E-state index in [4.69, 9.17) is 0 Å². The lowest BCUT2D eigenvalue weighted by molar-refractivity contribution is -0.116. The second-order valence-electron chi connectivity index (χ2n) is 5.58. The summed E-state index contributed by atoms with van der Waals surface area (Å²) in [6, 6.07) is 8.14. The Bertz CT molecular complexity index is 828. The summed E-state index contributed by atoms with van der Waals surface area (Å²) >= 11 is 0. The summed E-state index contributed by atoms with van der Waals surface area (Å²) in [6.45, 7) is 3.86. The number of para-hydroxylation sites is 1. The molecule has 1 amide bonds. The van der Waals surface area contributed by atoms with Crippen LogP contribution in [0, 0.1) is 13.8 Å². The minimum absolute atomic E-state index is 0.0180. The largest absolute Gasteiger partial charge is 0.361 e. The monoisotopic (exact) mass is 296 g/mol. The third kappa shape index (κ3) is 2.62. The molecule has 114 valence electrons. The SMILES string of the molecule is Cc1nn(C)c(C)c1NC(=O)CCc1c[nH]c2ccccc12. The number of aromatic nitrogens is 3. The van der Waals surface area contributed by atoms with Crippen molar-refractivity contribution in [3.8, 4) is 0 Å². The second-order valence-corrected chi connectivity index (χ2v) is 5.58. The Hall–Kier alpha value is -2.56. The first kappa shape index (κ1) is 14.4. The number of fused-ring (bicyclic) bond motifs is 1. The fourth-order valence-corrected chi connectivity index (χ4v) is 2.74. The van der Waals surface area contributed by atoms with Gasteiger partial charge in [-0.3, -0.25) is 9.48 Å². The molecule has 22 heavy (non-hydrogen) atoms. The van der Waals surface area contributed by atoms with E-state index in [1.165, 1.54) is 10.9 Å². The molecular weight excluding hydrogens is 276 g/mol. The first-order valence-electron chi connectivity index (χ1n) is 7.41. The van der Waals surface area contributed by atoms with Crippen molar-refractivity contribution in [1.82, 2.24) is 14.8 Å². The molecule has 0 unspecified atom stereocenters. The number of rotatable bonds is 4. The molecule has 5 heteroatoms. The summed E-state index contributed by atoms with van der Waals surface area (Å²) in [6.07, 6.45) is 3.16. The number of aromatic amines is 1. The van der Waals surface area contributed by atoms with E-state index in [0.29, 0.717) is 12.8 Å². The minimum atomic E-state index is 0.0180. The molecule has 0 bridgehead atoms. The third-order valence-corrected chi connectivity index (χ3v) is 4.07. The van der Waals surface area contributed by atoms with Crippen molar-refractivity contribution in [3.63, 3.8) is 0 Å². The van der Waals surface area contributed by atoms with Gasteiger partial charge in [0.05, 0.1) is 17.1 Å². The molecule has 0 atom stereocenters. The van der Waals surface area contributed by atoms with Crippen LogP contribution in [0.1, 0.15) is 23.4 Å². The van der Waals surface area contributed by atoms with Crippen molar-refractivity contribution in [1.29, 1.82) is 0 Å². The molecule has 0 radical (unpaired) electrons. The molecule has 0 spiro atoms. The summed E-state index contributed by atoms with van der Waals surface area (Å²) in [7, 11) is 1.88. The first-order chi connectivity index (χ1) is 10.6. The molecule has 0 fully saturated rings. The van der Waals surface area contributed by atoms with Gasteiger partial charge in [-0.1, -0.05) is 18.2 Å². The van der Waals surface area contributed by atoms with Crippen molar-refractivity contribution in [3.05, 3.63) is 47.4 Å². The van der Waals surface area contributed by atoms with E-state index in [1.807, 2.05) is 45.3 Å².